The Kier molecular flexibility index (Phi) is 4.49. The summed E-state index contributed by atoms with van der Waals surface area (Å²) in [6.45, 7) is 0. The number of para-hydroxylation sites is 3. The van der Waals surface area contributed by atoms with Gasteiger partial charge in [0.05, 0.1) is 11.4 Å². The first kappa shape index (κ1) is 20.9. The van der Waals surface area contributed by atoms with Crippen LogP contribution in [0.25, 0.3) is 32.7 Å². The van der Waals surface area contributed by atoms with Gasteiger partial charge in [-0.1, -0.05) is 66.7 Å². The normalized spacial score (nSPS) is 12.1. The van der Waals surface area contributed by atoms with Crippen molar-refractivity contribution >= 4 is 49.8 Å². The number of furan rings is 1. The highest BCUT2D eigenvalue weighted by atomic mass is 16.6. The van der Waals surface area contributed by atoms with Gasteiger partial charge in [-0.05, 0) is 53.9 Å². The van der Waals surface area contributed by atoms with Gasteiger partial charge in [-0.2, -0.15) is 0 Å². The van der Waals surface area contributed by atoms with E-state index < -0.39 is 0 Å². The van der Waals surface area contributed by atoms with Crippen molar-refractivity contribution in [1.29, 1.82) is 0 Å². The van der Waals surface area contributed by atoms with Gasteiger partial charge < -0.3 is 18.8 Å². The Morgan fingerprint density at radius 1 is 0.421 bits per heavy atom. The smallest absolute Gasteiger partial charge is 0.172 e. The molecule has 0 atom stereocenters. The fraction of sp³-hybridized carbons (Fsp3) is 0. The van der Waals surface area contributed by atoms with Gasteiger partial charge in [0.1, 0.15) is 11.2 Å². The summed E-state index contributed by atoms with van der Waals surface area (Å²) in [5.41, 5.74) is 4.74. The number of hydrogen-bond donors (Lipinski definition) is 0. The second kappa shape index (κ2) is 8.15. The highest BCUT2D eigenvalue weighted by molar-refractivity contribution is 6.07. The topological polar surface area (TPSA) is 34.8 Å². The van der Waals surface area contributed by atoms with Crippen molar-refractivity contribution < 1.29 is 13.9 Å². The molecule has 180 valence electrons. The molecule has 2 heterocycles. The number of ether oxygens (including phenoxy) is 2. The molecule has 1 aliphatic heterocycles. The summed E-state index contributed by atoms with van der Waals surface area (Å²) in [6, 6.07) is 43.2. The molecule has 8 rings (SSSR count). The second-order valence-corrected chi connectivity index (χ2v) is 9.39. The molecule has 38 heavy (non-hydrogen) atoms. The van der Waals surface area contributed by atoms with Crippen molar-refractivity contribution in [3.63, 3.8) is 0 Å². The third-order valence-electron chi connectivity index (χ3n) is 7.10. The van der Waals surface area contributed by atoms with Crippen LogP contribution in [0.15, 0.2) is 132 Å². The summed E-state index contributed by atoms with van der Waals surface area (Å²) in [5, 5.41) is 4.54. The zero-order valence-corrected chi connectivity index (χ0v) is 20.3. The van der Waals surface area contributed by atoms with Gasteiger partial charge in [0.2, 0.25) is 0 Å². The van der Waals surface area contributed by atoms with Gasteiger partial charge in [-0.3, -0.25) is 0 Å². The maximum atomic E-state index is 6.27. The van der Waals surface area contributed by atoms with E-state index in [-0.39, 0.29) is 0 Å². The Morgan fingerprint density at radius 3 is 1.95 bits per heavy atom. The molecule has 0 radical (unpaired) electrons. The Hall–Kier alpha value is -5.22. The van der Waals surface area contributed by atoms with Crippen LogP contribution >= 0.6 is 0 Å². The molecule has 0 saturated carbocycles. The fourth-order valence-electron chi connectivity index (χ4n) is 5.34. The summed E-state index contributed by atoms with van der Waals surface area (Å²) in [5.74, 6) is 2.79. The van der Waals surface area contributed by atoms with Gasteiger partial charge in [0.25, 0.3) is 0 Å². The van der Waals surface area contributed by atoms with Crippen molar-refractivity contribution in [2.24, 2.45) is 0 Å². The lowest BCUT2D eigenvalue weighted by Gasteiger charge is -2.28. The molecule has 0 fully saturated rings. The van der Waals surface area contributed by atoms with Crippen molar-refractivity contribution in [2.75, 3.05) is 4.90 Å². The van der Waals surface area contributed by atoms with Crippen LogP contribution in [0.3, 0.4) is 0 Å². The minimum Gasteiger partial charge on any atom is -0.456 e. The monoisotopic (exact) mass is 491 g/mol. The highest BCUT2D eigenvalue weighted by Crippen LogP contribution is 2.49. The van der Waals surface area contributed by atoms with E-state index in [2.05, 4.69) is 77.7 Å². The van der Waals surface area contributed by atoms with Gasteiger partial charge in [-0.15, -0.1) is 0 Å². The number of rotatable bonds is 3. The summed E-state index contributed by atoms with van der Waals surface area (Å²) in [7, 11) is 0. The zero-order valence-electron chi connectivity index (χ0n) is 20.3. The highest BCUT2D eigenvalue weighted by Gasteiger charge is 2.22. The van der Waals surface area contributed by atoms with Crippen molar-refractivity contribution in [3.05, 3.63) is 127 Å². The number of benzene rings is 6. The molecule has 6 aromatic carbocycles. The molecule has 4 heteroatoms. The Bertz CT molecular complexity index is 2000. The molecule has 4 nitrogen and oxygen atoms in total. The van der Waals surface area contributed by atoms with Crippen LogP contribution in [0.2, 0.25) is 0 Å². The van der Waals surface area contributed by atoms with E-state index in [9.17, 15) is 0 Å². The van der Waals surface area contributed by atoms with E-state index in [1.165, 1.54) is 5.39 Å². The first-order chi connectivity index (χ1) is 18.8. The first-order valence-corrected chi connectivity index (χ1v) is 12.6. The Morgan fingerprint density at radius 2 is 1.05 bits per heavy atom. The molecule has 0 amide bonds. The molecule has 0 N–H and O–H groups in total. The molecule has 7 aromatic rings. The predicted octanol–water partition coefficient (Wildman–Crippen LogP) is 10.1. The van der Waals surface area contributed by atoms with Crippen molar-refractivity contribution in [2.45, 2.75) is 0 Å². The van der Waals surface area contributed by atoms with Crippen LogP contribution in [0.1, 0.15) is 0 Å². The molecule has 0 bridgehead atoms. The van der Waals surface area contributed by atoms with Crippen LogP contribution in [0, 0.1) is 0 Å². The quantitative estimate of drug-likeness (QED) is 0.246. The molecule has 0 aliphatic carbocycles. The van der Waals surface area contributed by atoms with Crippen LogP contribution in [0.4, 0.5) is 17.1 Å². The van der Waals surface area contributed by atoms with Crippen LogP contribution in [-0.4, -0.2) is 0 Å². The lowest BCUT2D eigenvalue weighted by atomic mass is 10.1. The van der Waals surface area contributed by atoms with E-state index in [1.807, 2.05) is 54.6 Å². The van der Waals surface area contributed by atoms with E-state index in [4.69, 9.17) is 13.9 Å². The second-order valence-electron chi connectivity index (χ2n) is 9.39. The Balaban J connectivity index is 1.34. The van der Waals surface area contributed by atoms with Crippen molar-refractivity contribution in [3.8, 4) is 23.0 Å². The summed E-state index contributed by atoms with van der Waals surface area (Å²) < 4.78 is 18.7. The van der Waals surface area contributed by atoms with E-state index in [0.29, 0.717) is 23.0 Å². The van der Waals surface area contributed by atoms with E-state index in [1.54, 1.807) is 0 Å². The average Bonchev–Trinajstić information content (AvgIpc) is 3.34. The maximum Gasteiger partial charge on any atom is 0.172 e. The zero-order chi connectivity index (χ0) is 25.1. The third-order valence-corrected chi connectivity index (χ3v) is 7.10. The van der Waals surface area contributed by atoms with Gasteiger partial charge in [0, 0.05) is 34.0 Å². The van der Waals surface area contributed by atoms with Crippen LogP contribution < -0.4 is 14.4 Å². The summed E-state index contributed by atoms with van der Waals surface area (Å²) in [6.07, 6.45) is 0. The molecule has 0 saturated heterocycles. The standard InChI is InChI=1S/C34H21NO3/c1-2-10-25-22(8-1)9-7-12-28(25)35(23-16-18-27-26-11-3-4-13-29(26)36-33(27)20-23)24-17-19-32-34(21-24)38-31-15-6-5-14-30(31)37-32/h1-21H. The number of nitrogens with zero attached hydrogens (tertiary/aromatic N) is 1. The van der Waals surface area contributed by atoms with Gasteiger partial charge >= 0.3 is 0 Å². The van der Waals surface area contributed by atoms with Crippen molar-refractivity contribution in [1.82, 2.24) is 0 Å². The number of fused-ring (bicyclic) bond motifs is 6. The lowest BCUT2D eigenvalue weighted by Crippen LogP contribution is -2.11. The van der Waals surface area contributed by atoms with Gasteiger partial charge in [-0.25, -0.2) is 0 Å². The number of hydrogen-bond acceptors (Lipinski definition) is 4. The lowest BCUT2D eigenvalue weighted by molar-refractivity contribution is 0.360. The van der Waals surface area contributed by atoms with E-state index in [0.717, 1.165) is 44.4 Å². The average molecular weight is 492 g/mol. The maximum absolute atomic E-state index is 6.27. The molecule has 0 spiro atoms. The molecular formula is C34H21NO3. The number of anilines is 3. The third kappa shape index (κ3) is 3.24. The van der Waals surface area contributed by atoms with Crippen LogP contribution in [0.5, 0.6) is 23.0 Å². The molecular weight excluding hydrogens is 470 g/mol. The molecule has 1 aliphatic rings. The first-order valence-electron chi connectivity index (χ1n) is 12.6. The summed E-state index contributed by atoms with van der Waals surface area (Å²) >= 11 is 0. The van der Waals surface area contributed by atoms with Crippen LogP contribution in [-0.2, 0) is 0 Å². The van der Waals surface area contributed by atoms with E-state index >= 15 is 0 Å². The predicted molar refractivity (Wildman–Crippen MR) is 152 cm³/mol. The largest absolute Gasteiger partial charge is 0.456 e. The molecule has 0 unspecified atom stereocenters. The minimum atomic E-state index is 0.677. The van der Waals surface area contributed by atoms with Gasteiger partial charge in [0.15, 0.2) is 23.0 Å². The SMILES string of the molecule is c1ccc2c(c1)Oc1ccc(N(c3ccc4c(c3)oc3ccccc34)c3cccc4ccccc34)cc1O2. The Labute approximate surface area is 218 Å². The molecule has 1 aromatic heterocycles. The fourth-order valence-corrected chi connectivity index (χ4v) is 5.34. The minimum absolute atomic E-state index is 0.677. The summed E-state index contributed by atoms with van der Waals surface area (Å²) in [4.78, 5) is 2.25.